The summed E-state index contributed by atoms with van der Waals surface area (Å²) in [6.07, 6.45) is 7.89. The number of rotatable bonds is 10. The predicted octanol–water partition coefficient (Wildman–Crippen LogP) is 5.22. The van der Waals surface area contributed by atoms with Gasteiger partial charge in [0.2, 0.25) is 5.95 Å². The van der Waals surface area contributed by atoms with Gasteiger partial charge in [0.1, 0.15) is 0 Å². The van der Waals surface area contributed by atoms with Crippen LogP contribution in [0.25, 0.3) is 11.2 Å². The van der Waals surface area contributed by atoms with E-state index in [0.717, 1.165) is 60.3 Å². The number of hydrogen-bond donors (Lipinski definition) is 1. The third-order valence-corrected chi connectivity index (χ3v) is 10.5. The van der Waals surface area contributed by atoms with E-state index in [2.05, 4.69) is 46.4 Å². The summed E-state index contributed by atoms with van der Waals surface area (Å²) in [4.78, 5) is 19.4. The number of aromatic nitrogens is 4. The quantitative estimate of drug-likeness (QED) is 0.244. The smallest absolute Gasteiger partial charge is 0.264 e. The third-order valence-electron chi connectivity index (χ3n) is 8.63. The molecule has 1 unspecified atom stereocenters. The second kappa shape index (κ2) is 12.4. The van der Waals surface area contributed by atoms with Crippen LogP contribution in [0, 0.1) is 0 Å². The Labute approximate surface area is 259 Å². The van der Waals surface area contributed by atoms with Crippen molar-refractivity contribution in [3.63, 3.8) is 0 Å². The van der Waals surface area contributed by atoms with Crippen LogP contribution in [-0.2, 0) is 16.6 Å². The lowest BCUT2D eigenvalue weighted by molar-refractivity contribution is 0.169. The van der Waals surface area contributed by atoms with Crippen molar-refractivity contribution >= 4 is 38.6 Å². The molecule has 2 aliphatic heterocycles. The number of nitrogens with one attached hydrogen (secondary N) is 1. The maximum Gasteiger partial charge on any atom is 0.264 e. The lowest BCUT2D eigenvalue weighted by Crippen LogP contribution is -2.45. The molecule has 4 heterocycles. The summed E-state index contributed by atoms with van der Waals surface area (Å²) in [6.45, 7) is 12.9. The fourth-order valence-corrected chi connectivity index (χ4v) is 8.32. The highest BCUT2D eigenvalue weighted by molar-refractivity contribution is 7.93. The first-order chi connectivity index (χ1) is 21.4. The molecular weight excluding hydrogens is 572 g/mol. The Morgan fingerprint density at radius 2 is 1.75 bits per heavy atom. The molecule has 2 aromatic carbocycles. The van der Waals surface area contributed by atoms with E-state index in [-0.39, 0.29) is 12.1 Å². The van der Waals surface area contributed by atoms with Crippen LogP contribution in [0.4, 0.5) is 17.5 Å². The van der Waals surface area contributed by atoms with Crippen LogP contribution in [-0.4, -0.2) is 72.1 Å². The average Bonchev–Trinajstić information content (AvgIpc) is 3.43. The van der Waals surface area contributed by atoms with Gasteiger partial charge in [0, 0.05) is 38.8 Å². The van der Waals surface area contributed by atoms with E-state index in [0.29, 0.717) is 36.3 Å². The second-order valence-corrected chi connectivity index (χ2v) is 13.2. The van der Waals surface area contributed by atoms with Gasteiger partial charge in [-0.3, -0.25) is 9.21 Å². The van der Waals surface area contributed by atoms with Crippen LogP contribution in [0.15, 0.2) is 85.1 Å². The summed E-state index contributed by atoms with van der Waals surface area (Å²) < 4.78 is 31.6. The first-order valence-corrected chi connectivity index (χ1v) is 16.7. The van der Waals surface area contributed by atoms with Gasteiger partial charge >= 0.3 is 0 Å². The van der Waals surface area contributed by atoms with Gasteiger partial charge in [-0.15, -0.1) is 13.2 Å². The molecule has 10 nitrogen and oxygen atoms in total. The number of piperidine rings is 1. The summed E-state index contributed by atoms with van der Waals surface area (Å²) in [5.41, 5.74) is 4.10. The van der Waals surface area contributed by atoms with Crippen LogP contribution in [0.1, 0.15) is 43.4 Å². The Morgan fingerprint density at radius 3 is 2.48 bits per heavy atom. The van der Waals surface area contributed by atoms with Gasteiger partial charge in [-0.1, -0.05) is 55.5 Å². The van der Waals surface area contributed by atoms with Crippen molar-refractivity contribution in [1.29, 1.82) is 0 Å². The summed E-state index contributed by atoms with van der Waals surface area (Å²) >= 11 is 0. The van der Waals surface area contributed by atoms with Crippen LogP contribution in [0.3, 0.4) is 0 Å². The van der Waals surface area contributed by atoms with Gasteiger partial charge in [0.05, 0.1) is 23.0 Å². The summed E-state index contributed by atoms with van der Waals surface area (Å²) in [6, 6.07) is 15.5. The highest BCUT2D eigenvalue weighted by Crippen LogP contribution is 2.44. The maximum absolute atomic E-state index is 14.0. The number of hydrogen-bond acceptors (Lipinski definition) is 8. The normalized spacial score (nSPS) is 18.1. The number of nitrogens with zero attached hydrogens (tertiary/aromatic N) is 7. The first-order valence-electron chi connectivity index (χ1n) is 15.2. The third kappa shape index (κ3) is 5.24. The van der Waals surface area contributed by atoms with E-state index < -0.39 is 10.0 Å². The minimum absolute atomic E-state index is 0.203. The highest BCUT2D eigenvalue weighted by Gasteiger charge is 2.39. The van der Waals surface area contributed by atoms with Gasteiger partial charge in [0.25, 0.3) is 10.0 Å². The van der Waals surface area contributed by atoms with E-state index in [4.69, 9.17) is 9.97 Å². The van der Waals surface area contributed by atoms with Crippen LogP contribution in [0.5, 0.6) is 0 Å². The fourth-order valence-electron chi connectivity index (χ4n) is 6.51. The Morgan fingerprint density at radius 1 is 1.02 bits per heavy atom. The molecule has 0 saturated carbocycles. The number of benzene rings is 2. The van der Waals surface area contributed by atoms with Crippen LogP contribution in [0.2, 0.25) is 0 Å². The molecule has 0 bridgehead atoms. The van der Waals surface area contributed by atoms with E-state index >= 15 is 0 Å². The number of para-hydroxylation sites is 1. The van der Waals surface area contributed by atoms with Gasteiger partial charge in [-0.05, 0) is 49.6 Å². The summed E-state index contributed by atoms with van der Waals surface area (Å²) in [5, 5.41) is 3.33. The largest absolute Gasteiger partial charge is 0.365 e. The monoisotopic (exact) mass is 612 g/mol. The number of anilines is 3. The second-order valence-electron chi connectivity index (χ2n) is 11.4. The lowest BCUT2D eigenvalue weighted by Gasteiger charge is -2.41. The summed E-state index contributed by atoms with van der Waals surface area (Å²) in [7, 11) is -1.58. The molecule has 0 amide bonds. The summed E-state index contributed by atoms with van der Waals surface area (Å²) in [5.74, 6) is 1.36. The van der Waals surface area contributed by atoms with Crippen molar-refractivity contribution in [2.75, 3.05) is 47.7 Å². The average molecular weight is 613 g/mol. The highest BCUT2D eigenvalue weighted by atomic mass is 32.2. The van der Waals surface area contributed by atoms with E-state index in [1.165, 1.54) is 0 Å². The van der Waals surface area contributed by atoms with Gasteiger partial charge in [-0.25, -0.2) is 13.4 Å². The molecule has 0 spiro atoms. The first kappa shape index (κ1) is 29.8. The molecule has 11 heteroatoms. The number of imidazole rings is 1. The maximum atomic E-state index is 14.0. The van der Waals surface area contributed by atoms with Gasteiger partial charge < -0.3 is 14.8 Å². The minimum atomic E-state index is -3.71. The predicted molar refractivity (Wildman–Crippen MR) is 177 cm³/mol. The van der Waals surface area contributed by atoms with Crippen molar-refractivity contribution in [3.8, 4) is 0 Å². The minimum Gasteiger partial charge on any atom is -0.365 e. The van der Waals surface area contributed by atoms with E-state index in [9.17, 15) is 8.42 Å². The van der Waals surface area contributed by atoms with Gasteiger partial charge in [0.15, 0.2) is 17.0 Å². The molecule has 0 radical (unpaired) electrons. The topological polar surface area (TPSA) is 99.5 Å². The van der Waals surface area contributed by atoms with Crippen LogP contribution >= 0.6 is 0 Å². The zero-order chi connectivity index (χ0) is 30.8. The van der Waals surface area contributed by atoms with Crippen molar-refractivity contribution in [2.45, 2.75) is 49.7 Å². The molecule has 6 rings (SSSR count). The number of sulfonamides is 1. The van der Waals surface area contributed by atoms with Crippen molar-refractivity contribution in [3.05, 3.63) is 91.3 Å². The molecule has 2 aromatic heterocycles. The molecule has 1 saturated heterocycles. The van der Waals surface area contributed by atoms with Crippen molar-refractivity contribution in [2.24, 2.45) is 0 Å². The molecule has 44 heavy (non-hydrogen) atoms. The molecule has 230 valence electrons. The van der Waals surface area contributed by atoms with Crippen molar-refractivity contribution in [1.82, 2.24) is 24.4 Å². The molecule has 1 atom stereocenters. The van der Waals surface area contributed by atoms with Gasteiger partial charge in [-0.2, -0.15) is 9.97 Å². The van der Waals surface area contributed by atoms with E-state index in [1.54, 1.807) is 22.8 Å². The zero-order valence-electron chi connectivity index (χ0n) is 25.4. The SMILES string of the molecule is C=CCNc1nc(N2CCC(N(C)C3c4ccccc4N(CCC)S(=O)(=O)c4ccccc43)CC2)nc2c1ncn2CC=C. The Balaban J connectivity index is 1.31. The van der Waals surface area contributed by atoms with Crippen molar-refractivity contribution < 1.29 is 8.42 Å². The molecule has 1 N–H and O–H groups in total. The Bertz CT molecular complexity index is 1780. The number of fused-ring (bicyclic) bond motifs is 3. The lowest BCUT2D eigenvalue weighted by atomic mass is 9.92. The molecule has 2 aliphatic rings. The van der Waals surface area contributed by atoms with Crippen LogP contribution < -0.4 is 14.5 Å². The molecule has 0 aliphatic carbocycles. The Hall–Kier alpha value is -4.22. The number of allylic oxidation sites excluding steroid dienone is 1. The molecule has 4 aromatic rings. The standard InChI is InChI=1S/C33H40N8O2S/c1-5-18-34-31-29-32(40(19-6-2)23-35-29)37-33(36-31)39-21-16-24(17-22-39)38(4)30-25-12-8-10-14-27(25)41(20-7-3)44(42,43)28-15-11-9-13-26(28)30/h5-6,8-15,23-24,30H,1-2,7,16-22H2,3-4H3,(H,34,36,37). The molecule has 1 fully saturated rings. The Kier molecular flexibility index (Phi) is 8.42. The zero-order valence-corrected chi connectivity index (χ0v) is 26.2. The molecular formula is C33H40N8O2S. The van der Waals surface area contributed by atoms with E-state index in [1.807, 2.05) is 54.0 Å². The fraction of sp³-hybridized carbons (Fsp3) is 0.364.